The molecule has 1 atom stereocenters. The Morgan fingerprint density at radius 3 is 2.36 bits per heavy atom. The predicted octanol–water partition coefficient (Wildman–Crippen LogP) is 4.80. The Bertz CT molecular complexity index is 713. The Morgan fingerprint density at radius 2 is 1.84 bits per heavy atom. The van der Waals surface area contributed by atoms with Crippen LogP contribution >= 0.6 is 11.6 Å². The second kappa shape index (κ2) is 8.58. The summed E-state index contributed by atoms with van der Waals surface area (Å²) in [5.74, 6) is 0.371. The van der Waals surface area contributed by atoms with Gasteiger partial charge in [0.05, 0.1) is 13.7 Å². The van der Waals surface area contributed by atoms with Crippen molar-refractivity contribution in [1.29, 1.82) is 0 Å². The van der Waals surface area contributed by atoms with Crippen LogP contribution in [0.15, 0.2) is 61.2 Å². The molecule has 2 aromatic carbocycles. The van der Waals surface area contributed by atoms with Gasteiger partial charge in [-0.05, 0) is 48.9 Å². The fourth-order valence-electron chi connectivity index (χ4n) is 2.62. The Hall–Kier alpha value is -2.46. The van der Waals surface area contributed by atoms with Crippen molar-refractivity contribution < 1.29 is 14.3 Å². The molecule has 132 valence electrons. The Kier molecular flexibility index (Phi) is 6.48. The molecule has 0 aromatic heterocycles. The molecule has 0 aliphatic rings. The van der Waals surface area contributed by atoms with Gasteiger partial charge in [-0.25, -0.2) is 4.79 Å². The van der Waals surface area contributed by atoms with Gasteiger partial charge in [0, 0.05) is 17.1 Å². The molecule has 0 spiro atoms. The van der Waals surface area contributed by atoms with E-state index in [0.29, 0.717) is 11.4 Å². The van der Waals surface area contributed by atoms with E-state index in [-0.39, 0.29) is 12.6 Å². The topological polar surface area (TPSA) is 47.6 Å². The minimum Gasteiger partial charge on any atom is -0.497 e. The van der Waals surface area contributed by atoms with Crippen LogP contribution in [0.4, 0.5) is 5.69 Å². The van der Waals surface area contributed by atoms with Crippen molar-refractivity contribution in [3.63, 3.8) is 0 Å². The lowest BCUT2D eigenvalue weighted by molar-refractivity contribution is -0.149. The van der Waals surface area contributed by atoms with Crippen LogP contribution in [0.5, 0.6) is 5.75 Å². The van der Waals surface area contributed by atoms with Gasteiger partial charge in [-0.15, -0.1) is 6.58 Å². The highest BCUT2D eigenvalue weighted by Gasteiger charge is 2.40. The van der Waals surface area contributed by atoms with Gasteiger partial charge in [0.25, 0.3) is 0 Å². The van der Waals surface area contributed by atoms with Gasteiger partial charge in [0.15, 0.2) is 5.54 Å². The molecule has 0 radical (unpaired) electrons. The number of ether oxygens (including phenoxy) is 2. The maximum absolute atomic E-state index is 12.9. The number of methoxy groups -OCH3 is 1. The summed E-state index contributed by atoms with van der Waals surface area (Å²) in [5, 5.41) is 3.92. The number of hydrogen-bond donors (Lipinski definition) is 1. The highest BCUT2D eigenvalue weighted by atomic mass is 35.5. The lowest BCUT2D eigenvalue weighted by atomic mass is 9.86. The van der Waals surface area contributed by atoms with Gasteiger partial charge >= 0.3 is 5.97 Å². The zero-order valence-corrected chi connectivity index (χ0v) is 15.2. The summed E-state index contributed by atoms with van der Waals surface area (Å²) in [4.78, 5) is 12.9. The third-order valence-electron chi connectivity index (χ3n) is 3.86. The van der Waals surface area contributed by atoms with E-state index >= 15 is 0 Å². The summed E-state index contributed by atoms with van der Waals surface area (Å²) in [6, 6.07) is 14.5. The highest BCUT2D eigenvalue weighted by Crippen LogP contribution is 2.33. The van der Waals surface area contributed by atoms with Crippen LogP contribution in [0.2, 0.25) is 5.02 Å². The largest absolute Gasteiger partial charge is 0.497 e. The number of rotatable bonds is 8. The molecular weight excluding hydrogens is 338 g/mol. The van der Waals surface area contributed by atoms with E-state index < -0.39 is 5.54 Å². The summed E-state index contributed by atoms with van der Waals surface area (Å²) in [6.07, 6.45) is 2.06. The number of halogens is 1. The van der Waals surface area contributed by atoms with Crippen molar-refractivity contribution in [3.8, 4) is 5.75 Å². The van der Waals surface area contributed by atoms with Gasteiger partial charge in [-0.2, -0.15) is 0 Å². The molecule has 0 saturated heterocycles. The average molecular weight is 360 g/mol. The van der Waals surface area contributed by atoms with E-state index in [1.807, 2.05) is 36.4 Å². The van der Waals surface area contributed by atoms with Crippen molar-refractivity contribution in [3.05, 3.63) is 71.8 Å². The van der Waals surface area contributed by atoms with Crippen LogP contribution in [-0.2, 0) is 15.1 Å². The van der Waals surface area contributed by atoms with Crippen molar-refractivity contribution in [2.45, 2.75) is 18.9 Å². The first-order valence-corrected chi connectivity index (χ1v) is 8.40. The van der Waals surface area contributed by atoms with Gasteiger partial charge < -0.3 is 14.8 Å². The number of carbonyl (C=O) groups excluding carboxylic acids is 1. The average Bonchev–Trinajstić information content (AvgIpc) is 2.62. The highest BCUT2D eigenvalue weighted by molar-refractivity contribution is 6.30. The molecule has 4 nitrogen and oxygen atoms in total. The molecule has 0 saturated carbocycles. The standard InChI is InChI=1S/C20H22ClNO3/c1-4-14-20(19(23)25-5-2,15-6-8-16(21)9-7-15)22-17-10-12-18(24-3)13-11-17/h4,6-13,22H,1,5,14H2,2-3H3. The van der Waals surface area contributed by atoms with Crippen molar-refractivity contribution in [2.24, 2.45) is 0 Å². The first-order chi connectivity index (χ1) is 12.1. The van der Waals surface area contributed by atoms with E-state index in [2.05, 4.69) is 11.9 Å². The molecule has 0 aliphatic carbocycles. The second-order valence-corrected chi connectivity index (χ2v) is 5.92. The fourth-order valence-corrected chi connectivity index (χ4v) is 2.75. The number of benzene rings is 2. The Balaban J connectivity index is 2.49. The van der Waals surface area contributed by atoms with Crippen molar-refractivity contribution in [2.75, 3.05) is 19.0 Å². The molecule has 0 fully saturated rings. The maximum atomic E-state index is 12.9. The van der Waals surface area contributed by atoms with Gasteiger partial charge in [0.2, 0.25) is 0 Å². The Labute approximate surface area is 153 Å². The molecule has 0 bridgehead atoms. The number of esters is 1. The van der Waals surface area contributed by atoms with E-state index in [0.717, 1.165) is 17.0 Å². The summed E-state index contributed by atoms with van der Waals surface area (Å²) in [5.41, 5.74) is 0.438. The monoisotopic (exact) mass is 359 g/mol. The minimum absolute atomic E-state index is 0.287. The first-order valence-electron chi connectivity index (χ1n) is 8.02. The van der Waals surface area contributed by atoms with Crippen LogP contribution < -0.4 is 10.1 Å². The lowest BCUT2D eigenvalue weighted by Crippen LogP contribution is -2.44. The molecule has 0 heterocycles. The molecular formula is C20H22ClNO3. The van der Waals surface area contributed by atoms with E-state index in [1.165, 1.54) is 0 Å². The summed E-state index contributed by atoms with van der Waals surface area (Å²) >= 11 is 6.00. The number of anilines is 1. The van der Waals surface area contributed by atoms with E-state index in [9.17, 15) is 4.79 Å². The summed E-state index contributed by atoms with van der Waals surface area (Å²) in [7, 11) is 1.61. The molecule has 1 unspecified atom stereocenters. The smallest absolute Gasteiger partial charge is 0.336 e. The van der Waals surface area contributed by atoms with Crippen LogP contribution in [-0.4, -0.2) is 19.7 Å². The van der Waals surface area contributed by atoms with E-state index in [4.69, 9.17) is 21.1 Å². The zero-order valence-electron chi connectivity index (χ0n) is 14.4. The fraction of sp³-hybridized carbons (Fsp3) is 0.250. The van der Waals surface area contributed by atoms with Gasteiger partial charge in [0.1, 0.15) is 5.75 Å². The summed E-state index contributed by atoms with van der Waals surface area (Å²) < 4.78 is 10.5. The normalized spacial score (nSPS) is 12.8. The second-order valence-electron chi connectivity index (χ2n) is 5.48. The molecule has 5 heteroatoms. The van der Waals surface area contributed by atoms with Crippen LogP contribution in [0.1, 0.15) is 18.9 Å². The Morgan fingerprint density at radius 1 is 1.20 bits per heavy atom. The van der Waals surface area contributed by atoms with Crippen LogP contribution in [0.25, 0.3) is 0 Å². The van der Waals surface area contributed by atoms with Crippen molar-refractivity contribution >= 4 is 23.3 Å². The zero-order chi connectivity index (χ0) is 18.3. The molecule has 25 heavy (non-hydrogen) atoms. The van der Waals surface area contributed by atoms with E-state index in [1.54, 1.807) is 32.2 Å². The third-order valence-corrected chi connectivity index (χ3v) is 4.11. The SMILES string of the molecule is C=CCC(Nc1ccc(OC)cc1)(C(=O)OCC)c1ccc(Cl)cc1. The molecule has 2 aromatic rings. The third kappa shape index (κ3) is 4.34. The first kappa shape index (κ1) is 18.9. The number of carbonyl (C=O) groups is 1. The number of hydrogen-bond acceptors (Lipinski definition) is 4. The molecule has 0 amide bonds. The van der Waals surface area contributed by atoms with Crippen LogP contribution in [0, 0.1) is 0 Å². The quantitative estimate of drug-likeness (QED) is 0.543. The molecule has 0 aliphatic heterocycles. The van der Waals surface area contributed by atoms with Crippen LogP contribution in [0.3, 0.4) is 0 Å². The predicted molar refractivity (Wildman–Crippen MR) is 101 cm³/mol. The minimum atomic E-state index is -1.09. The summed E-state index contributed by atoms with van der Waals surface area (Å²) in [6.45, 7) is 5.88. The lowest BCUT2D eigenvalue weighted by Gasteiger charge is -2.33. The maximum Gasteiger partial charge on any atom is 0.336 e. The molecule has 1 N–H and O–H groups in total. The van der Waals surface area contributed by atoms with Gasteiger partial charge in [-0.1, -0.05) is 29.8 Å². The van der Waals surface area contributed by atoms with Gasteiger partial charge in [-0.3, -0.25) is 0 Å². The molecule has 2 rings (SSSR count). The van der Waals surface area contributed by atoms with Crippen molar-refractivity contribution in [1.82, 2.24) is 0 Å². The number of nitrogens with one attached hydrogen (secondary N) is 1.